The van der Waals surface area contributed by atoms with Crippen molar-refractivity contribution in [2.45, 2.75) is 0 Å². The summed E-state index contributed by atoms with van der Waals surface area (Å²) in [4.78, 5) is 26.4. The number of nitrogens with zero attached hydrogens (tertiary/aromatic N) is 1. The molecule has 0 saturated heterocycles. The number of carboxylic acid groups (broad SMARTS) is 1. The molecule has 1 amide bonds. The van der Waals surface area contributed by atoms with E-state index in [4.69, 9.17) is 5.11 Å². The molecule has 1 heterocycles. The summed E-state index contributed by atoms with van der Waals surface area (Å²) in [7, 11) is 0. The third kappa shape index (κ3) is 2.92. The van der Waals surface area contributed by atoms with Crippen molar-refractivity contribution in [3.05, 3.63) is 59.7 Å². The van der Waals surface area contributed by atoms with E-state index < -0.39 is 17.7 Å². The van der Waals surface area contributed by atoms with E-state index in [9.17, 15) is 14.0 Å². The highest BCUT2D eigenvalue weighted by Crippen LogP contribution is 2.14. The van der Waals surface area contributed by atoms with E-state index in [2.05, 4.69) is 10.3 Å². The molecule has 0 radical (unpaired) electrons. The average Bonchev–Trinajstić information content (AvgIpc) is 2.39. The van der Waals surface area contributed by atoms with E-state index in [1.165, 1.54) is 36.5 Å². The standard InChI is InChI=1S/C13H9FN2O3/c14-9-4-1-3-8(7-9)12(17)16-10-5-2-6-15-11(10)13(18)19/h1-7H,(H,16,17)(H,18,19). The summed E-state index contributed by atoms with van der Waals surface area (Å²) in [6.45, 7) is 0. The number of benzene rings is 1. The van der Waals surface area contributed by atoms with Gasteiger partial charge in [-0.15, -0.1) is 0 Å². The molecule has 1 aromatic heterocycles. The van der Waals surface area contributed by atoms with Gasteiger partial charge in [0.05, 0.1) is 5.69 Å². The van der Waals surface area contributed by atoms with Gasteiger partial charge in [0.25, 0.3) is 5.91 Å². The molecule has 0 aliphatic heterocycles. The van der Waals surface area contributed by atoms with E-state index in [1.807, 2.05) is 0 Å². The minimum Gasteiger partial charge on any atom is -0.476 e. The van der Waals surface area contributed by atoms with Crippen LogP contribution in [0.5, 0.6) is 0 Å². The number of anilines is 1. The second-order valence-corrected chi connectivity index (χ2v) is 3.67. The number of rotatable bonds is 3. The lowest BCUT2D eigenvalue weighted by Crippen LogP contribution is -2.15. The zero-order chi connectivity index (χ0) is 13.8. The lowest BCUT2D eigenvalue weighted by molar-refractivity contribution is 0.0691. The van der Waals surface area contributed by atoms with Crippen molar-refractivity contribution in [2.75, 3.05) is 5.32 Å². The molecule has 6 heteroatoms. The summed E-state index contributed by atoms with van der Waals surface area (Å²) in [6, 6.07) is 8.00. The highest BCUT2D eigenvalue weighted by molar-refractivity contribution is 6.07. The summed E-state index contributed by atoms with van der Waals surface area (Å²) in [5.74, 6) is -2.40. The molecule has 5 nitrogen and oxygen atoms in total. The number of hydrogen-bond donors (Lipinski definition) is 2. The first-order valence-electron chi connectivity index (χ1n) is 5.33. The maximum Gasteiger partial charge on any atom is 0.356 e. The number of carbonyl (C=O) groups is 2. The Morgan fingerprint density at radius 3 is 2.68 bits per heavy atom. The molecule has 0 aliphatic carbocycles. The molecule has 19 heavy (non-hydrogen) atoms. The molecule has 0 fully saturated rings. The van der Waals surface area contributed by atoms with Gasteiger partial charge in [0, 0.05) is 11.8 Å². The van der Waals surface area contributed by atoms with Crippen LogP contribution in [-0.4, -0.2) is 22.0 Å². The molecule has 0 spiro atoms. The molecule has 0 aliphatic rings. The van der Waals surface area contributed by atoms with Crippen molar-refractivity contribution in [3.8, 4) is 0 Å². The molecule has 96 valence electrons. The van der Waals surface area contributed by atoms with Crippen LogP contribution >= 0.6 is 0 Å². The van der Waals surface area contributed by atoms with Gasteiger partial charge < -0.3 is 10.4 Å². The summed E-state index contributed by atoms with van der Waals surface area (Å²) in [6.07, 6.45) is 1.31. The minimum absolute atomic E-state index is 0.0595. The summed E-state index contributed by atoms with van der Waals surface area (Å²) >= 11 is 0. The largest absolute Gasteiger partial charge is 0.476 e. The number of carbonyl (C=O) groups excluding carboxylic acids is 1. The Bertz CT molecular complexity index is 643. The van der Waals surface area contributed by atoms with Crippen LogP contribution in [0.3, 0.4) is 0 Å². The van der Waals surface area contributed by atoms with Crippen molar-refractivity contribution in [3.63, 3.8) is 0 Å². The monoisotopic (exact) mass is 260 g/mol. The quantitative estimate of drug-likeness (QED) is 0.886. The number of aromatic carboxylic acids is 1. The summed E-state index contributed by atoms with van der Waals surface area (Å²) < 4.78 is 13.0. The molecular weight excluding hydrogens is 251 g/mol. The molecule has 2 aromatic rings. The molecule has 0 unspecified atom stereocenters. The van der Waals surface area contributed by atoms with Crippen LogP contribution in [0.1, 0.15) is 20.8 Å². The van der Waals surface area contributed by atoms with Gasteiger partial charge in [0.15, 0.2) is 5.69 Å². The summed E-state index contributed by atoms with van der Waals surface area (Å²) in [5, 5.41) is 11.3. The highest BCUT2D eigenvalue weighted by Gasteiger charge is 2.14. The molecule has 0 saturated carbocycles. The van der Waals surface area contributed by atoms with E-state index >= 15 is 0 Å². The predicted octanol–water partition coefficient (Wildman–Crippen LogP) is 2.17. The molecule has 2 rings (SSSR count). The Hall–Kier alpha value is -2.76. The number of amides is 1. The maximum absolute atomic E-state index is 13.0. The Kier molecular flexibility index (Phi) is 3.51. The number of hydrogen-bond acceptors (Lipinski definition) is 3. The van der Waals surface area contributed by atoms with Gasteiger partial charge >= 0.3 is 5.97 Å². The zero-order valence-corrected chi connectivity index (χ0v) is 9.63. The van der Waals surface area contributed by atoms with Gasteiger partial charge in [-0.05, 0) is 30.3 Å². The number of carboxylic acids is 1. The van der Waals surface area contributed by atoms with Gasteiger partial charge in [-0.3, -0.25) is 4.79 Å². The second-order valence-electron chi connectivity index (χ2n) is 3.67. The van der Waals surface area contributed by atoms with Crippen LogP contribution < -0.4 is 5.32 Å². The Morgan fingerprint density at radius 1 is 1.21 bits per heavy atom. The number of aromatic nitrogens is 1. The van der Waals surface area contributed by atoms with Crippen molar-refractivity contribution in [2.24, 2.45) is 0 Å². The van der Waals surface area contributed by atoms with Gasteiger partial charge in [-0.25, -0.2) is 14.2 Å². The first-order chi connectivity index (χ1) is 9.08. The topological polar surface area (TPSA) is 79.3 Å². The van der Waals surface area contributed by atoms with Crippen molar-refractivity contribution in [1.29, 1.82) is 0 Å². The lowest BCUT2D eigenvalue weighted by atomic mass is 10.2. The third-order valence-corrected chi connectivity index (χ3v) is 2.35. The molecule has 0 atom stereocenters. The first-order valence-corrected chi connectivity index (χ1v) is 5.33. The van der Waals surface area contributed by atoms with Crippen LogP contribution in [0.15, 0.2) is 42.6 Å². The fourth-order valence-electron chi connectivity index (χ4n) is 1.50. The van der Waals surface area contributed by atoms with Crippen LogP contribution in [0.2, 0.25) is 0 Å². The first kappa shape index (κ1) is 12.7. The van der Waals surface area contributed by atoms with Crippen LogP contribution in [0.4, 0.5) is 10.1 Å². The number of nitrogens with one attached hydrogen (secondary N) is 1. The third-order valence-electron chi connectivity index (χ3n) is 2.35. The van der Waals surface area contributed by atoms with Gasteiger partial charge in [0.2, 0.25) is 0 Å². The second kappa shape index (κ2) is 5.26. The number of pyridine rings is 1. The smallest absolute Gasteiger partial charge is 0.356 e. The molecule has 1 aromatic carbocycles. The lowest BCUT2D eigenvalue weighted by Gasteiger charge is -2.07. The zero-order valence-electron chi connectivity index (χ0n) is 9.63. The van der Waals surface area contributed by atoms with Crippen molar-refractivity contribution < 1.29 is 19.1 Å². The normalized spacial score (nSPS) is 9.95. The van der Waals surface area contributed by atoms with Crippen molar-refractivity contribution >= 4 is 17.6 Å². The minimum atomic E-state index is -1.25. The van der Waals surface area contributed by atoms with Gasteiger partial charge in [-0.1, -0.05) is 6.07 Å². The fraction of sp³-hybridized carbons (Fsp3) is 0. The van der Waals surface area contributed by atoms with E-state index in [-0.39, 0.29) is 16.9 Å². The maximum atomic E-state index is 13.0. The van der Waals surface area contributed by atoms with Gasteiger partial charge in [-0.2, -0.15) is 0 Å². The summed E-state index contributed by atoms with van der Waals surface area (Å²) in [5.41, 5.74) is -0.114. The Labute approximate surface area is 107 Å². The van der Waals surface area contributed by atoms with Crippen LogP contribution in [0, 0.1) is 5.82 Å². The Morgan fingerprint density at radius 2 is 2.00 bits per heavy atom. The predicted molar refractivity (Wildman–Crippen MR) is 65.5 cm³/mol. The van der Waals surface area contributed by atoms with Gasteiger partial charge in [0.1, 0.15) is 5.82 Å². The molecule has 0 bridgehead atoms. The highest BCUT2D eigenvalue weighted by atomic mass is 19.1. The SMILES string of the molecule is O=C(Nc1cccnc1C(=O)O)c1cccc(F)c1. The number of halogens is 1. The average molecular weight is 260 g/mol. The fourth-order valence-corrected chi connectivity index (χ4v) is 1.50. The molecule has 2 N–H and O–H groups in total. The van der Waals surface area contributed by atoms with Crippen LogP contribution in [0.25, 0.3) is 0 Å². The molecular formula is C13H9FN2O3. The van der Waals surface area contributed by atoms with Crippen LogP contribution in [-0.2, 0) is 0 Å². The van der Waals surface area contributed by atoms with Crippen molar-refractivity contribution in [1.82, 2.24) is 4.98 Å². The van der Waals surface area contributed by atoms with E-state index in [0.717, 1.165) is 6.07 Å². The van der Waals surface area contributed by atoms with E-state index in [0.29, 0.717) is 0 Å². The van der Waals surface area contributed by atoms with E-state index in [1.54, 1.807) is 0 Å². The Balaban J connectivity index is 2.27.